The fourth-order valence-corrected chi connectivity index (χ4v) is 2.75. The van der Waals surface area contributed by atoms with Crippen molar-refractivity contribution in [3.05, 3.63) is 63.7 Å². The Kier molecular flexibility index (Phi) is 5.63. The molecule has 0 aromatic heterocycles. The molecular formula is C19H16N4O7. The molecule has 11 heteroatoms. The van der Waals surface area contributed by atoms with Gasteiger partial charge < -0.3 is 15.2 Å². The molecule has 1 aliphatic heterocycles. The third kappa shape index (κ3) is 4.04. The van der Waals surface area contributed by atoms with Gasteiger partial charge in [0.1, 0.15) is 5.57 Å². The lowest BCUT2D eigenvalue weighted by atomic mass is 10.1. The van der Waals surface area contributed by atoms with Gasteiger partial charge in [0, 0.05) is 6.07 Å². The summed E-state index contributed by atoms with van der Waals surface area (Å²) in [6.45, 7) is -0.593. The summed E-state index contributed by atoms with van der Waals surface area (Å²) in [6, 6.07) is 10.9. The number of hydrazine groups is 1. The Balaban J connectivity index is 2.01. The molecule has 0 aliphatic carbocycles. The third-order valence-electron chi connectivity index (χ3n) is 4.05. The van der Waals surface area contributed by atoms with E-state index in [1.54, 1.807) is 30.3 Å². The first-order chi connectivity index (χ1) is 14.3. The number of rotatable bonds is 7. The first-order valence-corrected chi connectivity index (χ1v) is 8.51. The maximum atomic E-state index is 12.7. The standard InChI is InChI=1S/C19H16N4O7/c1-29-15-9-11(8-14(23(27)28)17(15)30-10-16(20)24)7-13-18(25)21-22(19(13)26)12-5-3-2-4-6-12/h2-9H,10H2,1H3,(H2,20,24)(H,21,25). The van der Waals surface area contributed by atoms with E-state index in [4.69, 9.17) is 15.2 Å². The van der Waals surface area contributed by atoms with Crippen molar-refractivity contribution in [2.24, 2.45) is 5.73 Å². The van der Waals surface area contributed by atoms with Crippen LogP contribution in [0.5, 0.6) is 11.5 Å². The van der Waals surface area contributed by atoms with Crippen molar-refractivity contribution in [1.82, 2.24) is 5.43 Å². The molecule has 11 nitrogen and oxygen atoms in total. The number of carbonyl (C=O) groups excluding carboxylic acids is 3. The minimum atomic E-state index is -0.827. The molecule has 0 saturated carbocycles. The Hall–Kier alpha value is -4.41. The maximum Gasteiger partial charge on any atom is 0.315 e. The van der Waals surface area contributed by atoms with Gasteiger partial charge in [-0.2, -0.15) is 0 Å². The number of methoxy groups -OCH3 is 1. The smallest absolute Gasteiger partial charge is 0.315 e. The molecule has 3 amide bonds. The molecule has 2 aromatic carbocycles. The van der Waals surface area contributed by atoms with Gasteiger partial charge in [0.15, 0.2) is 12.4 Å². The number of para-hydroxylation sites is 1. The van der Waals surface area contributed by atoms with Crippen LogP contribution in [0, 0.1) is 10.1 Å². The van der Waals surface area contributed by atoms with Crippen molar-refractivity contribution in [3.63, 3.8) is 0 Å². The second kappa shape index (κ2) is 8.31. The summed E-state index contributed by atoms with van der Waals surface area (Å²) in [5.74, 6) is -2.48. The van der Waals surface area contributed by atoms with E-state index < -0.39 is 34.9 Å². The van der Waals surface area contributed by atoms with Crippen LogP contribution in [-0.2, 0) is 14.4 Å². The van der Waals surface area contributed by atoms with Crippen molar-refractivity contribution in [2.45, 2.75) is 0 Å². The number of nitrogens with one attached hydrogen (secondary N) is 1. The first-order valence-electron chi connectivity index (χ1n) is 8.51. The number of nitro groups is 1. The molecule has 3 N–H and O–H groups in total. The van der Waals surface area contributed by atoms with Crippen LogP contribution < -0.4 is 25.6 Å². The Labute approximate surface area is 169 Å². The highest BCUT2D eigenvalue weighted by atomic mass is 16.6. The summed E-state index contributed by atoms with van der Waals surface area (Å²) in [7, 11) is 1.25. The Morgan fingerprint density at radius 3 is 2.57 bits per heavy atom. The molecule has 1 saturated heterocycles. The van der Waals surface area contributed by atoms with Crippen molar-refractivity contribution in [3.8, 4) is 11.5 Å². The zero-order valence-electron chi connectivity index (χ0n) is 15.7. The molecule has 0 radical (unpaired) electrons. The number of carbonyl (C=O) groups is 3. The molecule has 1 aliphatic rings. The van der Waals surface area contributed by atoms with Gasteiger partial charge in [-0.3, -0.25) is 29.9 Å². The molecule has 0 atom stereocenters. The van der Waals surface area contributed by atoms with Crippen LogP contribution in [0.2, 0.25) is 0 Å². The van der Waals surface area contributed by atoms with Crippen LogP contribution in [0.4, 0.5) is 11.4 Å². The summed E-state index contributed by atoms with van der Waals surface area (Å²) in [5.41, 5.74) is 7.32. The summed E-state index contributed by atoms with van der Waals surface area (Å²) in [5, 5.41) is 12.5. The van der Waals surface area contributed by atoms with Crippen molar-refractivity contribution in [2.75, 3.05) is 18.7 Å². The topological polar surface area (TPSA) is 154 Å². The zero-order chi connectivity index (χ0) is 21.8. The average molecular weight is 412 g/mol. The third-order valence-corrected chi connectivity index (χ3v) is 4.05. The number of anilines is 1. The number of nitrogens with two attached hydrogens (primary N) is 1. The van der Waals surface area contributed by atoms with E-state index in [2.05, 4.69) is 5.43 Å². The number of primary amides is 1. The Morgan fingerprint density at radius 1 is 1.27 bits per heavy atom. The van der Waals surface area contributed by atoms with Crippen LogP contribution in [0.15, 0.2) is 48.0 Å². The average Bonchev–Trinajstić information content (AvgIpc) is 3.00. The number of nitrogens with zero attached hydrogens (tertiary/aromatic N) is 2. The largest absolute Gasteiger partial charge is 0.493 e. The molecule has 0 bridgehead atoms. The summed E-state index contributed by atoms with van der Waals surface area (Å²) < 4.78 is 10.2. The monoisotopic (exact) mass is 412 g/mol. The molecule has 2 aromatic rings. The van der Waals surface area contributed by atoms with E-state index in [-0.39, 0.29) is 22.6 Å². The lowest BCUT2D eigenvalue weighted by molar-refractivity contribution is -0.385. The van der Waals surface area contributed by atoms with Crippen molar-refractivity contribution >= 4 is 35.2 Å². The van der Waals surface area contributed by atoms with E-state index in [1.165, 1.54) is 19.3 Å². The predicted molar refractivity (Wildman–Crippen MR) is 104 cm³/mol. The van der Waals surface area contributed by atoms with Gasteiger partial charge in [0.25, 0.3) is 17.7 Å². The second-order valence-corrected chi connectivity index (χ2v) is 6.06. The van der Waals surface area contributed by atoms with Crippen LogP contribution in [-0.4, -0.2) is 36.4 Å². The number of ether oxygens (including phenoxy) is 2. The van der Waals surface area contributed by atoms with Crippen LogP contribution >= 0.6 is 0 Å². The molecule has 0 spiro atoms. The highest BCUT2D eigenvalue weighted by molar-refractivity contribution is 6.31. The molecule has 0 unspecified atom stereocenters. The molecule has 1 heterocycles. The van der Waals surface area contributed by atoms with Crippen LogP contribution in [0.25, 0.3) is 6.08 Å². The normalized spacial score (nSPS) is 14.6. The van der Waals surface area contributed by atoms with Crippen LogP contribution in [0.3, 0.4) is 0 Å². The number of nitro benzene ring substituents is 1. The van der Waals surface area contributed by atoms with Gasteiger partial charge in [0.05, 0.1) is 17.7 Å². The van der Waals surface area contributed by atoms with Crippen molar-refractivity contribution < 1.29 is 28.8 Å². The van der Waals surface area contributed by atoms with Gasteiger partial charge >= 0.3 is 5.69 Å². The first kappa shape index (κ1) is 20.3. The molecule has 154 valence electrons. The highest BCUT2D eigenvalue weighted by Gasteiger charge is 2.34. The van der Waals surface area contributed by atoms with Gasteiger partial charge in [0.2, 0.25) is 5.75 Å². The SMILES string of the molecule is COc1cc(C=C2C(=O)NN(c3ccccc3)C2=O)cc([N+](=O)[O-])c1OCC(N)=O. The predicted octanol–water partition coefficient (Wildman–Crippen LogP) is 0.929. The van der Waals surface area contributed by atoms with E-state index in [0.717, 1.165) is 11.1 Å². The second-order valence-electron chi connectivity index (χ2n) is 6.06. The maximum absolute atomic E-state index is 12.7. The molecule has 1 fully saturated rings. The van der Waals surface area contributed by atoms with E-state index in [9.17, 15) is 24.5 Å². The zero-order valence-corrected chi connectivity index (χ0v) is 15.7. The molecular weight excluding hydrogens is 396 g/mol. The van der Waals surface area contributed by atoms with E-state index in [0.29, 0.717) is 5.69 Å². The summed E-state index contributed by atoms with van der Waals surface area (Å²) >= 11 is 0. The lowest BCUT2D eigenvalue weighted by Crippen LogP contribution is -2.35. The number of hydrogen-bond acceptors (Lipinski definition) is 7. The Morgan fingerprint density at radius 2 is 1.97 bits per heavy atom. The Bertz CT molecular complexity index is 1070. The van der Waals surface area contributed by atoms with Gasteiger partial charge in [-0.05, 0) is 29.8 Å². The van der Waals surface area contributed by atoms with Crippen LogP contribution in [0.1, 0.15) is 5.56 Å². The quantitative estimate of drug-likeness (QED) is 0.297. The van der Waals surface area contributed by atoms with Crippen molar-refractivity contribution in [1.29, 1.82) is 0 Å². The van der Waals surface area contributed by atoms with Gasteiger partial charge in [-0.15, -0.1) is 0 Å². The van der Waals surface area contributed by atoms with E-state index in [1.807, 2.05) is 0 Å². The van der Waals surface area contributed by atoms with E-state index >= 15 is 0 Å². The minimum absolute atomic E-state index is 0.0666. The fourth-order valence-electron chi connectivity index (χ4n) is 2.75. The summed E-state index contributed by atoms with van der Waals surface area (Å²) in [4.78, 5) is 46.7. The molecule has 30 heavy (non-hydrogen) atoms. The van der Waals surface area contributed by atoms with Gasteiger partial charge in [-0.1, -0.05) is 18.2 Å². The number of amides is 3. The minimum Gasteiger partial charge on any atom is -0.493 e. The lowest BCUT2D eigenvalue weighted by Gasteiger charge is -2.14. The molecule has 3 rings (SSSR count). The highest BCUT2D eigenvalue weighted by Crippen LogP contribution is 2.39. The number of benzene rings is 2. The summed E-state index contributed by atoms with van der Waals surface area (Å²) in [6.07, 6.45) is 1.20. The van der Waals surface area contributed by atoms with Gasteiger partial charge in [-0.25, -0.2) is 5.01 Å². The number of hydrogen-bond donors (Lipinski definition) is 2. The fraction of sp³-hybridized carbons (Fsp3) is 0.105.